The quantitative estimate of drug-likeness (QED) is 0.548. The lowest BCUT2D eigenvalue weighted by Crippen LogP contribution is -2.34. The molecule has 0 aromatic heterocycles. The Morgan fingerprint density at radius 1 is 1.00 bits per heavy atom. The largest absolute Gasteiger partial charge is 0.399 e. The van der Waals surface area contributed by atoms with E-state index in [2.05, 4.69) is 0 Å². The lowest BCUT2D eigenvalue weighted by molar-refractivity contribution is 0.167. The summed E-state index contributed by atoms with van der Waals surface area (Å²) in [5, 5.41) is 17.7. The van der Waals surface area contributed by atoms with Crippen molar-refractivity contribution in [2.75, 3.05) is 44.3 Å². The summed E-state index contributed by atoms with van der Waals surface area (Å²) in [7, 11) is -3.37. The third kappa shape index (κ3) is 5.15. The van der Waals surface area contributed by atoms with E-state index in [0.717, 1.165) is 0 Å². The van der Waals surface area contributed by atoms with Gasteiger partial charge in [-0.3, -0.25) is 4.90 Å². The maximum Gasteiger partial charge on any atom is 0.179 e. The van der Waals surface area contributed by atoms with Crippen molar-refractivity contribution in [3.8, 4) is 0 Å². The Bertz CT molecular complexity index is 467. The minimum absolute atomic E-state index is 0.0586. The first-order valence-corrected chi connectivity index (χ1v) is 7.67. The van der Waals surface area contributed by atoms with E-state index >= 15 is 0 Å². The van der Waals surface area contributed by atoms with Crippen LogP contribution in [0.15, 0.2) is 29.2 Å². The highest BCUT2D eigenvalue weighted by molar-refractivity contribution is 7.91. The van der Waals surface area contributed by atoms with Crippen LogP contribution in [0.2, 0.25) is 0 Å². The summed E-state index contributed by atoms with van der Waals surface area (Å²) in [5.74, 6) is -0.0586. The van der Waals surface area contributed by atoms with Crippen molar-refractivity contribution < 1.29 is 18.6 Å². The highest BCUT2D eigenvalue weighted by atomic mass is 32.2. The Hall–Kier alpha value is -1.15. The molecule has 0 aliphatic rings. The molecule has 0 atom stereocenters. The Morgan fingerprint density at radius 3 is 2.00 bits per heavy atom. The van der Waals surface area contributed by atoms with Gasteiger partial charge in [-0.25, -0.2) is 8.42 Å². The predicted octanol–water partition coefficient (Wildman–Crippen LogP) is -0.671. The van der Waals surface area contributed by atoms with Gasteiger partial charge in [0.2, 0.25) is 0 Å². The molecule has 0 radical (unpaired) electrons. The van der Waals surface area contributed by atoms with Crippen LogP contribution in [0, 0.1) is 0 Å². The molecular formula is C12H20N2O4S. The second kappa shape index (κ2) is 7.44. The number of aliphatic hydroxyl groups is 2. The van der Waals surface area contributed by atoms with E-state index in [1.807, 2.05) is 0 Å². The smallest absolute Gasteiger partial charge is 0.179 e. The molecule has 0 amide bonds. The van der Waals surface area contributed by atoms with Gasteiger partial charge in [-0.15, -0.1) is 0 Å². The molecule has 0 heterocycles. The Balaban J connectivity index is 2.66. The zero-order valence-electron chi connectivity index (χ0n) is 10.7. The number of sulfone groups is 1. The molecule has 1 aromatic carbocycles. The first kappa shape index (κ1) is 15.9. The standard InChI is InChI=1S/C12H20N2O4S/c13-11-1-3-12(4-2-11)19(17,18)10-7-14(5-8-15)6-9-16/h1-4,15-16H,5-10,13H2. The Morgan fingerprint density at radius 2 is 1.53 bits per heavy atom. The Kier molecular flexibility index (Phi) is 6.23. The highest BCUT2D eigenvalue weighted by Gasteiger charge is 2.16. The molecule has 0 aliphatic carbocycles. The van der Waals surface area contributed by atoms with Gasteiger partial charge in [-0.05, 0) is 24.3 Å². The number of anilines is 1. The molecule has 0 saturated carbocycles. The van der Waals surface area contributed by atoms with E-state index in [9.17, 15) is 8.42 Å². The number of nitrogens with zero attached hydrogens (tertiary/aromatic N) is 1. The van der Waals surface area contributed by atoms with Crippen LogP contribution in [0.1, 0.15) is 0 Å². The van der Waals surface area contributed by atoms with Gasteiger partial charge >= 0.3 is 0 Å². The van der Waals surface area contributed by atoms with Crippen molar-refractivity contribution in [3.63, 3.8) is 0 Å². The van der Waals surface area contributed by atoms with Crippen molar-refractivity contribution in [3.05, 3.63) is 24.3 Å². The predicted molar refractivity (Wildman–Crippen MR) is 73.5 cm³/mol. The second-order valence-electron chi connectivity index (χ2n) is 4.18. The summed E-state index contributed by atoms with van der Waals surface area (Å²) in [6, 6.07) is 6.05. The molecular weight excluding hydrogens is 268 g/mol. The summed E-state index contributed by atoms with van der Waals surface area (Å²) >= 11 is 0. The molecule has 4 N–H and O–H groups in total. The van der Waals surface area contributed by atoms with E-state index in [0.29, 0.717) is 18.8 Å². The zero-order valence-corrected chi connectivity index (χ0v) is 11.5. The third-order valence-electron chi connectivity index (χ3n) is 2.75. The summed E-state index contributed by atoms with van der Waals surface area (Å²) in [6.07, 6.45) is 0. The van der Waals surface area contributed by atoms with Gasteiger partial charge in [0.25, 0.3) is 0 Å². The van der Waals surface area contributed by atoms with Crippen molar-refractivity contribution in [2.45, 2.75) is 4.90 Å². The topological polar surface area (TPSA) is 104 Å². The molecule has 0 fully saturated rings. The summed E-state index contributed by atoms with van der Waals surface area (Å²) < 4.78 is 24.1. The molecule has 0 saturated heterocycles. The molecule has 108 valence electrons. The number of nitrogens with two attached hydrogens (primary N) is 1. The van der Waals surface area contributed by atoms with E-state index in [4.69, 9.17) is 15.9 Å². The van der Waals surface area contributed by atoms with Crippen LogP contribution in [0.25, 0.3) is 0 Å². The average Bonchev–Trinajstić information content (AvgIpc) is 2.37. The van der Waals surface area contributed by atoms with Gasteiger partial charge in [-0.2, -0.15) is 0 Å². The zero-order chi connectivity index (χ0) is 14.3. The number of aliphatic hydroxyl groups excluding tert-OH is 2. The maximum absolute atomic E-state index is 12.1. The van der Waals surface area contributed by atoms with Crippen molar-refractivity contribution in [1.82, 2.24) is 4.90 Å². The summed E-state index contributed by atoms with van der Waals surface area (Å²) in [5.41, 5.74) is 6.03. The number of hydrogen-bond acceptors (Lipinski definition) is 6. The van der Waals surface area contributed by atoms with Crippen molar-refractivity contribution >= 4 is 15.5 Å². The number of benzene rings is 1. The second-order valence-corrected chi connectivity index (χ2v) is 6.29. The lowest BCUT2D eigenvalue weighted by atomic mass is 10.3. The summed E-state index contributed by atoms with van der Waals surface area (Å²) in [6.45, 7) is 0.827. The fourth-order valence-corrected chi connectivity index (χ4v) is 2.95. The van der Waals surface area contributed by atoms with Gasteiger partial charge < -0.3 is 15.9 Å². The molecule has 6 nitrogen and oxygen atoms in total. The SMILES string of the molecule is Nc1ccc(S(=O)(=O)CCN(CCO)CCO)cc1. The van der Waals surface area contributed by atoms with Gasteiger partial charge in [0.05, 0.1) is 23.9 Å². The Labute approximate surface area is 113 Å². The molecule has 0 spiro atoms. The fraction of sp³-hybridized carbons (Fsp3) is 0.500. The summed E-state index contributed by atoms with van der Waals surface area (Å²) in [4.78, 5) is 1.93. The number of nitrogen functional groups attached to an aromatic ring is 1. The fourth-order valence-electron chi connectivity index (χ4n) is 1.66. The first-order chi connectivity index (χ1) is 8.99. The first-order valence-electron chi connectivity index (χ1n) is 6.02. The minimum atomic E-state index is -3.37. The molecule has 1 aromatic rings. The number of rotatable bonds is 8. The van der Waals surface area contributed by atoms with Gasteiger partial charge in [0.1, 0.15) is 0 Å². The van der Waals surface area contributed by atoms with Gasteiger partial charge in [-0.1, -0.05) is 0 Å². The van der Waals surface area contributed by atoms with E-state index in [-0.39, 0.29) is 30.4 Å². The van der Waals surface area contributed by atoms with Crippen molar-refractivity contribution in [2.24, 2.45) is 0 Å². The van der Waals surface area contributed by atoms with Gasteiger partial charge in [0, 0.05) is 25.3 Å². The molecule has 0 bridgehead atoms. The molecule has 0 aliphatic heterocycles. The van der Waals surface area contributed by atoms with Crippen LogP contribution in [0.3, 0.4) is 0 Å². The van der Waals surface area contributed by atoms with Crippen LogP contribution < -0.4 is 5.73 Å². The van der Waals surface area contributed by atoms with Crippen LogP contribution in [-0.4, -0.2) is 62.1 Å². The third-order valence-corrected chi connectivity index (χ3v) is 4.46. The normalized spacial score (nSPS) is 11.9. The highest BCUT2D eigenvalue weighted by Crippen LogP contribution is 2.13. The number of hydrogen-bond donors (Lipinski definition) is 3. The van der Waals surface area contributed by atoms with Gasteiger partial charge in [0.15, 0.2) is 9.84 Å². The molecule has 1 rings (SSSR count). The molecule has 7 heteroatoms. The minimum Gasteiger partial charge on any atom is -0.399 e. The lowest BCUT2D eigenvalue weighted by Gasteiger charge is -2.19. The van der Waals surface area contributed by atoms with Crippen LogP contribution in [0.5, 0.6) is 0 Å². The van der Waals surface area contributed by atoms with E-state index < -0.39 is 9.84 Å². The maximum atomic E-state index is 12.1. The monoisotopic (exact) mass is 288 g/mol. The van der Waals surface area contributed by atoms with E-state index in [1.54, 1.807) is 17.0 Å². The molecule has 0 unspecified atom stereocenters. The average molecular weight is 288 g/mol. The van der Waals surface area contributed by atoms with Crippen molar-refractivity contribution in [1.29, 1.82) is 0 Å². The van der Waals surface area contributed by atoms with Crippen LogP contribution >= 0.6 is 0 Å². The van der Waals surface area contributed by atoms with Crippen LogP contribution in [-0.2, 0) is 9.84 Å². The van der Waals surface area contributed by atoms with Crippen LogP contribution in [0.4, 0.5) is 5.69 Å². The molecule has 19 heavy (non-hydrogen) atoms. The van der Waals surface area contributed by atoms with E-state index in [1.165, 1.54) is 12.1 Å².